The molecule has 1 aromatic heterocycles. The van der Waals surface area contributed by atoms with Crippen LogP contribution in [0.3, 0.4) is 0 Å². The van der Waals surface area contributed by atoms with Crippen molar-refractivity contribution in [1.82, 2.24) is 0 Å². The minimum atomic E-state index is -0.153. The highest BCUT2D eigenvalue weighted by Gasteiger charge is 2.38. The maximum atomic E-state index is 7.24. The molecule has 2 heteroatoms. The molecule has 11 aromatic rings. The maximum Gasteiger partial charge on any atom is 0.143 e. The Morgan fingerprint density at radius 3 is 1.53 bits per heavy atom. The zero-order valence-electron chi connectivity index (χ0n) is 35.3. The van der Waals surface area contributed by atoms with Crippen molar-refractivity contribution in [2.75, 3.05) is 4.90 Å². The third kappa shape index (κ3) is 4.75. The Morgan fingerprint density at radius 2 is 0.887 bits per heavy atom. The Kier molecular flexibility index (Phi) is 7.16. The molecule has 0 amide bonds. The van der Waals surface area contributed by atoms with Crippen molar-refractivity contribution < 1.29 is 4.42 Å². The second kappa shape index (κ2) is 12.6. The second-order valence-electron chi connectivity index (χ2n) is 18.4. The maximum absolute atomic E-state index is 7.24. The summed E-state index contributed by atoms with van der Waals surface area (Å²) in [4.78, 5) is 2.50. The fraction of sp³-hybridized carbons (Fsp3) is 0.100. The van der Waals surface area contributed by atoms with Gasteiger partial charge in [-0.2, -0.15) is 0 Å². The average molecular weight is 794 g/mol. The minimum Gasteiger partial charge on any atom is -0.455 e. The molecule has 294 valence electrons. The first-order valence-corrected chi connectivity index (χ1v) is 21.8. The van der Waals surface area contributed by atoms with Crippen molar-refractivity contribution in [3.8, 4) is 33.4 Å². The molecule has 0 saturated heterocycles. The molecule has 0 aliphatic heterocycles. The van der Waals surface area contributed by atoms with Crippen LogP contribution in [0.25, 0.3) is 87.6 Å². The predicted molar refractivity (Wildman–Crippen MR) is 261 cm³/mol. The lowest BCUT2D eigenvalue weighted by atomic mass is 9.82. The number of hydrogen-bond acceptors (Lipinski definition) is 2. The molecule has 0 radical (unpaired) electrons. The van der Waals surface area contributed by atoms with Crippen LogP contribution < -0.4 is 4.90 Å². The van der Waals surface area contributed by atoms with E-state index in [1.807, 2.05) is 0 Å². The highest BCUT2D eigenvalue weighted by Crippen LogP contribution is 2.55. The number of fused-ring (bicyclic) bond motifs is 13. The van der Waals surface area contributed by atoms with Gasteiger partial charge in [0.2, 0.25) is 0 Å². The molecule has 0 bridgehead atoms. The molecule has 1 heterocycles. The summed E-state index contributed by atoms with van der Waals surface area (Å²) < 4.78 is 7.24. The Hall–Kier alpha value is -7.42. The molecule has 13 rings (SSSR count). The van der Waals surface area contributed by atoms with Crippen LogP contribution in [0.5, 0.6) is 0 Å². The van der Waals surface area contributed by atoms with Crippen LogP contribution in [0.15, 0.2) is 192 Å². The van der Waals surface area contributed by atoms with Crippen LogP contribution in [0.2, 0.25) is 0 Å². The van der Waals surface area contributed by atoms with Crippen molar-refractivity contribution in [3.05, 3.63) is 210 Å². The molecule has 2 aliphatic carbocycles. The van der Waals surface area contributed by atoms with E-state index in [4.69, 9.17) is 4.42 Å². The molecule has 0 atom stereocenters. The van der Waals surface area contributed by atoms with Gasteiger partial charge in [0.25, 0.3) is 0 Å². The molecule has 0 unspecified atom stereocenters. The Labute approximate surface area is 361 Å². The van der Waals surface area contributed by atoms with Crippen molar-refractivity contribution in [2.24, 2.45) is 0 Å². The number of benzene rings is 10. The number of rotatable bonds is 4. The van der Waals surface area contributed by atoms with Gasteiger partial charge in [-0.3, -0.25) is 0 Å². The molecule has 2 aliphatic rings. The summed E-state index contributed by atoms with van der Waals surface area (Å²) in [5, 5.41) is 9.51. The van der Waals surface area contributed by atoms with E-state index in [0.29, 0.717) is 0 Å². The topological polar surface area (TPSA) is 16.4 Å². The third-order valence-corrected chi connectivity index (χ3v) is 14.4. The predicted octanol–water partition coefficient (Wildman–Crippen LogP) is 16.8. The molecular weight excluding hydrogens is 751 g/mol. The zero-order chi connectivity index (χ0) is 41.5. The van der Waals surface area contributed by atoms with E-state index in [2.05, 4.69) is 221 Å². The number of nitrogens with zero attached hydrogens (tertiary/aromatic N) is 1. The molecule has 0 saturated carbocycles. The van der Waals surface area contributed by atoms with E-state index in [0.717, 1.165) is 44.6 Å². The molecule has 0 spiro atoms. The van der Waals surface area contributed by atoms with Crippen molar-refractivity contribution in [3.63, 3.8) is 0 Å². The molecule has 0 N–H and O–H groups in total. The first kappa shape index (κ1) is 35.3. The average Bonchev–Trinajstić information content (AvgIpc) is 3.87. The van der Waals surface area contributed by atoms with E-state index < -0.39 is 0 Å². The Balaban J connectivity index is 1.11. The lowest BCUT2D eigenvalue weighted by molar-refractivity contribution is 0.660. The van der Waals surface area contributed by atoms with Gasteiger partial charge in [0.05, 0.1) is 11.1 Å². The molecule has 62 heavy (non-hydrogen) atoms. The molecular formula is C60H43NO. The Bertz CT molecular complexity index is 3600. The summed E-state index contributed by atoms with van der Waals surface area (Å²) in [6.45, 7) is 9.48. The third-order valence-electron chi connectivity index (χ3n) is 14.4. The van der Waals surface area contributed by atoms with E-state index in [1.165, 1.54) is 82.4 Å². The molecule has 2 nitrogen and oxygen atoms in total. The highest BCUT2D eigenvalue weighted by molar-refractivity contribution is 6.25. The van der Waals surface area contributed by atoms with Gasteiger partial charge in [0.15, 0.2) is 0 Å². The summed E-state index contributed by atoms with van der Waals surface area (Å²) in [5.41, 5.74) is 17.8. The monoisotopic (exact) mass is 793 g/mol. The van der Waals surface area contributed by atoms with Gasteiger partial charge in [-0.25, -0.2) is 0 Å². The number of hydrogen-bond donors (Lipinski definition) is 0. The number of anilines is 3. The summed E-state index contributed by atoms with van der Waals surface area (Å²) >= 11 is 0. The molecule has 0 fully saturated rings. The van der Waals surface area contributed by atoms with Crippen LogP contribution in [0.1, 0.15) is 49.9 Å². The number of furan rings is 1. The Morgan fingerprint density at radius 1 is 0.371 bits per heavy atom. The van der Waals surface area contributed by atoms with Gasteiger partial charge in [-0.05, 0) is 131 Å². The van der Waals surface area contributed by atoms with E-state index in [-0.39, 0.29) is 10.8 Å². The summed E-state index contributed by atoms with van der Waals surface area (Å²) in [6, 6.07) is 69.8. The summed E-state index contributed by atoms with van der Waals surface area (Å²) in [7, 11) is 0. The van der Waals surface area contributed by atoms with Gasteiger partial charge >= 0.3 is 0 Å². The van der Waals surface area contributed by atoms with Crippen molar-refractivity contribution in [1.29, 1.82) is 0 Å². The minimum absolute atomic E-state index is 0.153. The van der Waals surface area contributed by atoms with Crippen molar-refractivity contribution >= 4 is 71.3 Å². The van der Waals surface area contributed by atoms with E-state index in [9.17, 15) is 0 Å². The fourth-order valence-electron chi connectivity index (χ4n) is 11.4. The smallest absolute Gasteiger partial charge is 0.143 e. The summed E-state index contributed by atoms with van der Waals surface area (Å²) in [5.74, 6) is 0. The largest absolute Gasteiger partial charge is 0.455 e. The second-order valence-corrected chi connectivity index (χ2v) is 18.4. The van der Waals surface area contributed by atoms with Gasteiger partial charge in [-0.1, -0.05) is 167 Å². The van der Waals surface area contributed by atoms with E-state index >= 15 is 0 Å². The van der Waals surface area contributed by atoms with E-state index in [1.54, 1.807) is 0 Å². The molecule has 10 aromatic carbocycles. The van der Waals surface area contributed by atoms with Gasteiger partial charge in [-0.15, -0.1) is 0 Å². The first-order chi connectivity index (χ1) is 30.3. The van der Waals surface area contributed by atoms with Gasteiger partial charge in [0, 0.05) is 33.2 Å². The van der Waals surface area contributed by atoms with Crippen molar-refractivity contribution in [2.45, 2.75) is 38.5 Å². The highest BCUT2D eigenvalue weighted by atomic mass is 16.3. The van der Waals surface area contributed by atoms with Gasteiger partial charge in [0.1, 0.15) is 11.2 Å². The lowest BCUT2D eigenvalue weighted by Crippen LogP contribution is -2.18. The summed E-state index contributed by atoms with van der Waals surface area (Å²) in [6.07, 6.45) is 0. The van der Waals surface area contributed by atoms with Crippen LogP contribution in [-0.4, -0.2) is 0 Å². The SMILES string of the molecule is CC1(C)c2ccccc2-c2ccc(N(c3ccc4c(c3)C(C)(C)c3ccccc3-4)c3cccc4oc5c(-c6cc7ccccc7c7ccccc67)c6ccccc6cc5c34)cc21. The quantitative estimate of drug-likeness (QED) is 0.165. The van der Waals surface area contributed by atoms with Crippen LogP contribution in [-0.2, 0) is 10.8 Å². The van der Waals surface area contributed by atoms with Crippen LogP contribution in [0.4, 0.5) is 17.1 Å². The fourth-order valence-corrected chi connectivity index (χ4v) is 11.4. The van der Waals surface area contributed by atoms with Gasteiger partial charge < -0.3 is 9.32 Å². The first-order valence-electron chi connectivity index (χ1n) is 21.8. The van der Waals surface area contributed by atoms with Crippen LogP contribution in [0, 0.1) is 0 Å². The standard InChI is InChI=1S/C60H43NO/c1-59(2)50-24-13-11-22-44(50)46-30-28-38(34-52(46)59)61(39-29-31-47-45-23-12-14-25-51(45)60(3,4)53(47)35-39)54-26-15-27-55-57(54)49-33-37-17-6-8-19-41(37)56(58(49)62-55)48-32-36-16-5-7-18-40(36)42-20-9-10-21-43(42)48/h5-35H,1-4H3. The normalized spacial score (nSPS) is 14.4. The zero-order valence-corrected chi connectivity index (χ0v) is 35.3. The lowest BCUT2D eigenvalue weighted by Gasteiger charge is -2.30. The van der Waals surface area contributed by atoms with Crippen LogP contribution >= 0.6 is 0 Å².